The molecule has 0 saturated heterocycles. The Kier molecular flexibility index (Phi) is 8.06. The van der Waals surface area contributed by atoms with E-state index in [0.717, 1.165) is 5.56 Å². The van der Waals surface area contributed by atoms with Crippen LogP contribution in [0, 0.1) is 0 Å². The number of ether oxygens (including phenoxy) is 1. The first-order chi connectivity index (χ1) is 10.0. The minimum absolute atomic E-state index is 0.0788. The molecule has 3 N–H and O–H groups in total. The van der Waals surface area contributed by atoms with Crippen LogP contribution in [0.1, 0.15) is 18.4 Å². The Labute approximate surface area is 136 Å². The molecule has 1 rings (SSSR count). The van der Waals surface area contributed by atoms with Crippen LogP contribution in [0.5, 0.6) is 0 Å². The van der Waals surface area contributed by atoms with Crippen molar-refractivity contribution in [1.29, 1.82) is 0 Å². The van der Waals surface area contributed by atoms with Gasteiger partial charge in [-0.25, -0.2) is 9.59 Å². The lowest BCUT2D eigenvalue weighted by molar-refractivity contribution is -0.139. The predicted octanol–water partition coefficient (Wildman–Crippen LogP) is 1.94. The molecule has 0 unspecified atom stereocenters. The normalized spacial score (nSPS) is 13.2. The highest BCUT2D eigenvalue weighted by Crippen LogP contribution is 2.06. The Balaban J connectivity index is 2.40. The summed E-state index contributed by atoms with van der Waals surface area (Å²) in [5, 5.41) is 20.8. The van der Waals surface area contributed by atoms with Gasteiger partial charge in [0.2, 0.25) is 0 Å². The Morgan fingerprint density at radius 3 is 2.48 bits per heavy atom. The highest BCUT2D eigenvalue weighted by Gasteiger charge is 2.21. The van der Waals surface area contributed by atoms with Gasteiger partial charge >= 0.3 is 12.1 Å². The SMILES string of the molecule is O=C(N[C@@H](CC[C@H](O)CI)C(=O)O)OCc1ccccc1. The van der Waals surface area contributed by atoms with E-state index in [-0.39, 0.29) is 13.0 Å². The van der Waals surface area contributed by atoms with Gasteiger partial charge < -0.3 is 20.3 Å². The van der Waals surface area contributed by atoms with Crippen molar-refractivity contribution in [3.8, 4) is 0 Å². The number of carboxylic acids is 1. The molecule has 0 heterocycles. The molecule has 6 nitrogen and oxygen atoms in total. The topological polar surface area (TPSA) is 95.9 Å². The molecule has 0 aliphatic heterocycles. The third-order valence-electron chi connectivity index (χ3n) is 2.77. The number of aliphatic carboxylic acids is 1. The second-order valence-corrected chi connectivity index (χ2v) is 5.36. The number of aliphatic hydroxyl groups excluding tert-OH is 1. The van der Waals surface area contributed by atoms with E-state index in [1.54, 1.807) is 12.1 Å². The summed E-state index contributed by atoms with van der Waals surface area (Å²) in [6.07, 6.45) is -0.900. The number of amides is 1. The number of carbonyl (C=O) groups excluding carboxylic acids is 1. The van der Waals surface area contributed by atoms with Crippen LogP contribution in [-0.4, -0.2) is 38.8 Å². The monoisotopic (exact) mass is 407 g/mol. The van der Waals surface area contributed by atoms with Crippen molar-refractivity contribution in [1.82, 2.24) is 5.32 Å². The maximum atomic E-state index is 11.6. The number of aliphatic hydroxyl groups is 1. The smallest absolute Gasteiger partial charge is 0.408 e. The fraction of sp³-hybridized carbons (Fsp3) is 0.429. The van der Waals surface area contributed by atoms with Gasteiger partial charge in [0.05, 0.1) is 6.10 Å². The largest absolute Gasteiger partial charge is 0.480 e. The summed E-state index contributed by atoms with van der Waals surface area (Å²) >= 11 is 2.01. The lowest BCUT2D eigenvalue weighted by atomic mass is 10.1. The molecule has 116 valence electrons. The average molecular weight is 407 g/mol. The van der Waals surface area contributed by atoms with Crippen LogP contribution in [0.3, 0.4) is 0 Å². The second kappa shape index (κ2) is 9.56. The van der Waals surface area contributed by atoms with Crippen molar-refractivity contribution in [2.45, 2.75) is 31.6 Å². The van der Waals surface area contributed by atoms with E-state index < -0.39 is 24.2 Å². The molecule has 1 amide bonds. The fourth-order valence-corrected chi connectivity index (χ4v) is 2.04. The standard InChI is InChI=1S/C14H18INO5/c15-8-11(17)6-7-12(13(18)19)16-14(20)21-9-10-4-2-1-3-5-10/h1-5,11-12,17H,6-9H2,(H,16,20)(H,18,19)/t11-,12-/m0/s1. The van der Waals surface area contributed by atoms with Gasteiger partial charge in [0.15, 0.2) is 0 Å². The number of hydrogen-bond donors (Lipinski definition) is 3. The van der Waals surface area contributed by atoms with Crippen molar-refractivity contribution in [2.75, 3.05) is 4.43 Å². The van der Waals surface area contributed by atoms with Gasteiger partial charge in [-0.15, -0.1) is 0 Å². The van der Waals surface area contributed by atoms with E-state index in [9.17, 15) is 14.7 Å². The average Bonchev–Trinajstić information content (AvgIpc) is 2.49. The van der Waals surface area contributed by atoms with E-state index in [4.69, 9.17) is 9.84 Å². The number of rotatable bonds is 8. The molecule has 1 aromatic carbocycles. The van der Waals surface area contributed by atoms with E-state index in [2.05, 4.69) is 5.32 Å². The van der Waals surface area contributed by atoms with Gasteiger partial charge in [-0.2, -0.15) is 0 Å². The summed E-state index contributed by atoms with van der Waals surface area (Å²) in [6, 6.07) is 8.04. The molecular formula is C14H18INO5. The lowest BCUT2D eigenvalue weighted by Crippen LogP contribution is -2.41. The molecular weight excluding hydrogens is 389 g/mol. The van der Waals surface area contributed by atoms with Crippen molar-refractivity contribution >= 4 is 34.7 Å². The molecule has 0 spiro atoms. The maximum absolute atomic E-state index is 11.6. The first-order valence-corrected chi connectivity index (χ1v) is 7.99. The molecule has 0 aliphatic carbocycles. The minimum atomic E-state index is -1.15. The van der Waals surface area contributed by atoms with E-state index >= 15 is 0 Å². The molecule has 21 heavy (non-hydrogen) atoms. The van der Waals surface area contributed by atoms with Gasteiger partial charge in [-0.3, -0.25) is 0 Å². The van der Waals surface area contributed by atoms with Gasteiger partial charge in [0.25, 0.3) is 0 Å². The van der Waals surface area contributed by atoms with Crippen LogP contribution in [0.4, 0.5) is 4.79 Å². The third kappa shape index (κ3) is 7.28. The summed E-state index contributed by atoms with van der Waals surface area (Å²) < 4.78 is 5.48. The summed E-state index contributed by atoms with van der Waals surface area (Å²) in [5.74, 6) is -1.15. The quantitative estimate of drug-likeness (QED) is 0.452. The molecule has 7 heteroatoms. The van der Waals surface area contributed by atoms with Crippen LogP contribution in [0.15, 0.2) is 30.3 Å². The van der Waals surface area contributed by atoms with Gasteiger partial charge in [0, 0.05) is 4.43 Å². The summed E-state index contributed by atoms with van der Waals surface area (Å²) in [6.45, 7) is 0.0788. The predicted molar refractivity (Wildman–Crippen MR) is 85.3 cm³/mol. The zero-order valence-electron chi connectivity index (χ0n) is 11.4. The second-order valence-electron chi connectivity index (χ2n) is 4.48. The molecule has 0 aromatic heterocycles. The molecule has 0 saturated carbocycles. The van der Waals surface area contributed by atoms with E-state index in [1.807, 2.05) is 40.8 Å². The van der Waals surface area contributed by atoms with Crippen LogP contribution < -0.4 is 5.32 Å². The van der Waals surface area contributed by atoms with Gasteiger partial charge in [-0.05, 0) is 18.4 Å². The summed E-state index contributed by atoms with van der Waals surface area (Å²) in [5.41, 5.74) is 0.819. The highest BCUT2D eigenvalue weighted by molar-refractivity contribution is 14.1. The van der Waals surface area contributed by atoms with Crippen LogP contribution >= 0.6 is 22.6 Å². The fourth-order valence-electron chi connectivity index (χ4n) is 1.60. The van der Waals surface area contributed by atoms with Crippen molar-refractivity contribution in [3.05, 3.63) is 35.9 Å². The van der Waals surface area contributed by atoms with Crippen LogP contribution in [-0.2, 0) is 16.1 Å². The van der Waals surface area contributed by atoms with Crippen molar-refractivity contribution in [2.24, 2.45) is 0 Å². The minimum Gasteiger partial charge on any atom is -0.480 e. The number of nitrogens with one attached hydrogen (secondary N) is 1. The summed E-state index contributed by atoms with van der Waals surface area (Å²) in [7, 11) is 0. The Morgan fingerprint density at radius 1 is 1.24 bits per heavy atom. The Hall–Kier alpha value is -1.35. The van der Waals surface area contributed by atoms with Gasteiger partial charge in [-0.1, -0.05) is 52.9 Å². The van der Waals surface area contributed by atoms with Gasteiger partial charge in [0.1, 0.15) is 12.6 Å². The zero-order chi connectivity index (χ0) is 15.7. The Morgan fingerprint density at radius 2 is 1.90 bits per heavy atom. The number of halogens is 1. The molecule has 0 fully saturated rings. The summed E-state index contributed by atoms with van der Waals surface area (Å²) in [4.78, 5) is 22.6. The molecule has 2 atom stereocenters. The maximum Gasteiger partial charge on any atom is 0.408 e. The molecule has 0 aliphatic rings. The number of hydrogen-bond acceptors (Lipinski definition) is 4. The first kappa shape index (κ1) is 17.7. The first-order valence-electron chi connectivity index (χ1n) is 6.47. The van der Waals surface area contributed by atoms with E-state index in [1.165, 1.54) is 0 Å². The number of carboxylic acid groups (broad SMARTS) is 1. The van der Waals surface area contributed by atoms with Crippen molar-refractivity contribution in [3.63, 3.8) is 0 Å². The van der Waals surface area contributed by atoms with E-state index in [0.29, 0.717) is 10.8 Å². The Bertz CT molecular complexity index is 454. The zero-order valence-corrected chi connectivity index (χ0v) is 13.5. The third-order valence-corrected chi connectivity index (χ3v) is 3.79. The molecule has 1 aromatic rings. The van der Waals surface area contributed by atoms with Crippen LogP contribution in [0.2, 0.25) is 0 Å². The number of benzene rings is 1. The highest BCUT2D eigenvalue weighted by atomic mass is 127. The van der Waals surface area contributed by atoms with Crippen molar-refractivity contribution < 1.29 is 24.5 Å². The molecule has 0 radical (unpaired) electrons. The number of carbonyl (C=O) groups is 2. The van der Waals surface area contributed by atoms with Crippen LogP contribution in [0.25, 0.3) is 0 Å². The molecule has 0 bridgehead atoms. The number of alkyl carbamates (subject to hydrolysis) is 1. The number of alkyl halides is 1. The lowest BCUT2D eigenvalue weighted by Gasteiger charge is -2.15.